The Labute approximate surface area is 241 Å². The van der Waals surface area contributed by atoms with E-state index in [1.807, 2.05) is 18.2 Å². The van der Waals surface area contributed by atoms with Crippen LogP contribution in [0, 0.1) is 0 Å². The average Bonchev–Trinajstić information content (AvgIpc) is 3.31. The van der Waals surface area contributed by atoms with E-state index in [1.165, 1.54) is 4.90 Å². The van der Waals surface area contributed by atoms with Gasteiger partial charge in [0.15, 0.2) is 0 Å². The average molecular weight is 565 g/mol. The normalized spacial score (nSPS) is 24.3. The molecule has 40 heavy (non-hydrogen) atoms. The lowest BCUT2D eigenvalue weighted by atomic mass is 9.93. The van der Waals surface area contributed by atoms with Crippen LogP contribution in [0.1, 0.15) is 64.9 Å². The van der Waals surface area contributed by atoms with Crippen LogP contribution >= 0.6 is 11.8 Å². The minimum atomic E-state index is -1.03. The third-order valence-corrected chi connectivity index (χ3v) is 8.83. The van der Waals surface area contributed by atoms with E-state index in [9.17, 15) is 19.5 Å². The van der Waals surface area contributed by atoms with Gasteiger partial charge in [-0.1, -0.05) is 79.6 Å². The summed E-state index contributed by atoms with van der Waals surface area (Å²) in [6.45, 7) is 5.55. The zero-order valence-corrected chi connectivity index (χ0v) is 24.4. The maximum Gasteiger partial charge on any atom is 0.408 e. The van der Waals surface area contributed by atoms with Crippen LogP contribution in [0.4, 0.5) is 4.79 Å². The number of carbonyl (C=O) groups is 3. The number of carboxylic acids is 1. The number of thioether (sulfide) groups is 1. The molecule has 2 aliphatic heterocycles. The van der Waals surface area contributed by atoms with Crippen molar-refractivity contribution >= 4 is 29.7 Å². The standard InChI is InChI=1S/C32H40N2O5S/c1-31(2,3)39-30(38)33-26-15-11-6-4-5-7-12-20-40-32(21-27(29(36)37)34(22-32)28(26)35)25-18-16-24(17-19-25)23-13-9-8-10-14-23/h7-10,12-14,16-19,26-27H,4-6,11,15,20-22H2,1-3H3,(H,33,38)(H,36,37). The number of benzene rings is 2. The molecule has 7 nitrogen and oxygen atoms in total. The topological polar surface area (TPSA) is 95.9 Å². The predicted molar refractivity (Wildman–Crippen MR) is 159 cm³/mol. The first-order chi connectivity index (χ1) is 19.1. The Balaban J connectivity index is 1.67. The molecule has 2 aromatic rings. The van der Waals surface area contributed by atoms with Crippen molar-refractivity contribution in [3.05, 3.63) is 72.3 Å². The second-order valence-electron chi connectivity index (χ2n) is 11.6. The number of ether oxygens (including phenoxy) is 1. The Morgan fingerprint density at radius 2 is 1.70 bits per heavy atom. The van der Waals surface area contributed by atoms with Gasteiger partial charge in [0, 0.05) is 12.3 Å². The summed E-state index contributed by atoms with van der Waals surface area (Å²) in [4.78, 5) is 40.6. The largest absolute Gasteiger partial charge is 0.480 e. The van der Waals surface area contributed by atoms with Crippen LogP contribution in [0.15, 0.2) is 66.7 Å². The highest BCUT2D eigenvalue weighted by Gasteiger charge is 2.51. The molecule has 3 unspecified atom stereocenters. The van der Waals surface area contributed by atoms with E-state index < -0.39 is 34.5 Å². The third-order valence-electron chi connectivity index (χ3n) is 7.39. The molecule has 2 bridgehead atoms. The zero-order valence-electron chi connectivity index (χ0n) is 23.6. The zero-order chi connectivity index (χ0) is 28.8. The number of hydrogen-bond acceptors (Lipinski definition) is 5. The fourth-order valence-electron chi connectivity index (χ4n) is 5.41. The molecule has 0 radical (unpaired) electrons. The summed E-state index contributed by atoms with van der Waals surface area (Å²) in [5.74, 6) is -0.684. The molecule has 214 valence electrons. The van der Waals surface area contributed by atoms with Crippen molar-refractivity contribution in [1.82, 2.24) is 10.2 Å². The quantitative estimate of drug-likeness (QED) is 0.419. The van der Waals surface area contributed by atoms with Gasteiger partial charge in [-0.05, 0) is 63.1 Å². The molecular weight excluding hydrogens is 524 g/mol. The van der Waals surface area contributed by atoms with Crippen molar-refractivity contribution in [2.45, 2.75) is 81.7 Å². The first-order valence-corrected chi connectivity index (χ1v) is 15.0. The smallest absolute Gasteiger partial charge is 0.408 e. The number of fused-ring (bicyclic) bond motifs is 2. The van der Waals surface area contributed by atoms with Gasteiger partial charge in [-0.15, -0.1) is 11.8 Å². The fourth-order valence-corrected chi connectivity index (χ4v) is 6.77. The van der Waals surface area contributed by atoms with Crippen molar-refractivity contribution < 1.29 is 24.2 Å². The van der Waals surface area contributed by atoms with Gasteiger partial charge in [-0.2, -0.15) is 0 Å². The second kappa shape index (κ2) is 12.9. The number of carbonyl (C=O) groups excluding carboxylic acids is 2. The second-order valence-corrected chi connectivity index (χ2v) is 13.0. The van der Waals surface area contributed by atoms with Gasteiger partial charge < -0.3 is 20.1 Å². The van der Waals surface area contributed by atoms with Crippen LogP contribution in [0.5, 0.6) is 0 Å². The van der Waals surface area contributed by atoms with Crippen LogP contribution in [-0.2, 0) is 19.1 Å². The molecule has 2 amide bonds. The van der Waals surface area contributed by atoms with Gasteiger partial charge in [-0.3, -0.25) is 4.79 Å². The Morgan fingerprint density at radius 3 is 2.38 bits per heavy atom. The number of rotatable bonds is 4. The van der Waals surface area contributed by atoms with Crippen molar-refractivity contribution in [2.75, 3.05) is 12.3 Å². The molecule has 3 atom stereocenters. The maximum atomic E-state index is 14.0. The fraction of sp³-hybridized carbons (Fsp3) is 0.469. The highest BCUT2D eigenvalue weighted by molar-refractivity contribution is 8.00. The Bertz CT molecular complexity index is 1210. The molecule has 2 N–H and O–H groups in total. The van der Waals surface area contributed by atoms with Crippen LogP contribution in [0.2, 0.25) is 0 Å². The molecule has 4 rings (SSSR count). The van der Waals surface area contributed by atoms with E-state index >= 15 is 0 Å². The number of carboxylic acid groups (broad SMARTS) is 1. The number of alkyl carbamates (subject to hydrolysis) is 1. The summed E-state index contributed by atoms with van der Waals surface area (Å²) < 4.78 is 4.84. The summed E-state index contributed by atoms with van der Waals surface area (Å²) in [6.07, 6.45) is 7.98. The first-order valence-electron chi connectivity index (χ1n) is 14.1. The Kier molecular flexibility index (Phi) is 9.61. The Hall–Kier alpha value is -3.26. The van der Waals surface area contributed by atoms with E-state index in [-0.39, 0.29) is 18.9 Å². The summed E-state index contributed by atoms with van der Waals surface area (Å²) in [7, 11) is 0. The summed E-state index contributed by atoms with van der Waals surface area (Å²) in [5.41, 5.74) is 2.47. The lowest BCUT2D eigenvalue weighted by molar-refractivity contribution is -0.149. The molecule has 0 saturated carbocycles. The van der Waals surface area contributed by atoms with Gasteiger partial charge >= 0.3 is 12.1 Å². The minimum absolute atomic E-state index is 0.249. The Morgan fingerprint density at radius 1 is 1.00 bits per heavy atom. The van der Waals surface area contributed by atoms with E-state index in [4.69, 9.17) is 4.74 Å². The molecule has 1 fully saturated rings. The lowest BCUT2D eigenvalue weighted by Gasteiger charge is -2.31. The number of amides is 2. The number of hydrogen-bond donors (Lipinski definition) is 2. The number of allylic oxidation sites excluding steroid dienone is 1. The van der Waals surface area contributed by atoms with Gasteiger partial charge in [0.1, 0.15) is 17.7 Å². The first kappa shape index (κ1) is 29.7. The lowest BCUT2D eigenvalue weighted by Crippen LogP contribution is -2.52. The van der Waals surface area contributed by atoms with E-state index in [1.54, 1.807) is 32.5 Å². The van der Waals surface area contributed by atoms with Crippen molar-refractivity contribution in [2.24, 2.45) is 0 Å². The molecule has 0 spiro atoms. The molecule has 8 heteroatoms. The molecule has 0 aromatic heterocycles. The van der Waals surface area contributed by atoms with Crippen molar-refractivity contribution in [1.29, 1.82) is 0 Å². The van der Waals surface area contributed by atoms with Crippen LogP contribution in [-0.4, -0.2) is 58.0 Å². The molecule has 2 aliphatic rings. The van der Waals surface area contributed by atoms with E-state index in [0.29, 0.717) is 12.2 Å². The molecular formula is C32H40N2O5S. The number of aliphatic carboxylic acids is 1. The minimum Gasteiger partial charge on any atom is -0.480 e. The van der Waals surface area contributed by atoms with Gasteiger partial charge in [-0.25, -0.2) is 9.59 Å². The number of nitrogens with zero attached hydrogens (tertiary/aromatic N) is 1. The SMILES string of the molecule is CC(C)(C)OC(=O)NC1CCCCCC=CCSC2(c3ccc(-c4ccccc4)cc3)CC(C(=O)O)N(C2)C1=O. The summed E-state index contributed by atoms with van der Waals surface area (Å²) >= 11 is 1.68. The maximum absolute atomic E-state index is 14.0. The van der Waals surface area contributed by atoms with Crippen LogP contribution in [0.25, 0.3) is 11.1 Å². The molecule has 1 saturated heterocycles. The highest BCUT2D eigenvalue weighted by Crippen LogP contribution is 2.48. The summed E-state index contributed by atoms with van der Waals surface area (Å²) in [6, 6.07) is 16.5. The number of nitrogens with one attached hydrogen (secondary N) is 1. The van der Waals surface area contributed by atoms with Gasteiger partial charge in [0.05, 0.1) is 4.75 Å². The van der Waals surface area contributed by atoms with Crippen LogP contribution < -0.4 is 5.32 Å². The molecule has 2 heterocycles. The highest BCUT2D eigenvalue weighted by atomic mass is 32.2. The third kappa shape index (κ3) is 7.47. The molecule has 2 aromatic carbocycles. The van der Waals surface area contributed by atoms with Crippen LogP contribution in [0.3, 0.4) is 0 Å². The van der Waals surface area contributed by atoms with E-state index in [2.05, 4.69) is 53.9 Å². The van der Waals surface area contributed by atoms with E-state index in [0.717, 1.165) is 42.4 Å². The predicted octanol–water partition coefficient (Wildman–Crippen LogP) is 6.38. The van der Waals surface area contributed by atoms with Gasteiger partial charge in [0.2, 0.25) is 5.91 Å². The monoisotopic (exact) mass is 564 g/mol. The van der Waals surface area contributed by atoms with Crippen molar-refractivity contribution in [3.63, 3.8) is 0 Å². The summed E-state index contributed by atoms with van der Waals surface area (Å²) in [5, 5.41) is 13.0. The van der Waals surface area contributed by atoms with Gasteiger partial charge in [0.25, 0.3) is 0 Å². The molecule has 0 aliphatic carbocycles. The van der Waals surface area contributed by atoms with Crippen molar-refractivity contribution in [3.8, 4) is 11.1 Å².